The molecule has 0 radical (unpaired) electrons. The summed E-state index contributed by atoms with van der Waals surface area (Å²) in [5.74, 6) is 0.688. The van der Waals surface area contributed by atoms with Gasteiger partial charge in [-0.2, -0.15) is 0 Å². The van der Waals surface area contributed by atoms with Gasteiger partial charge in [-0.15, -0.1) is 0 Å². The summed E-state index contributed by atoms with van der Waals surface area (Å²) < 4.78 is 5.61. The van der Waals surface area contributed by atoms with Gasteiger partial charge in [-0.1, -0.05) is 13.8 Å². The van der Waals surface area contributed by atoms with Crippen molar-refractivity contribution < 1.29 is 9.53 Å². The molecular weight excluding hydrogens is 406 g/mol. The zero-order valence-corrected chi connectivity index (χ0v) is 19.9. The second-order valence-electron chi connectivity index (χ2n) is 10.8. The summed E-state index contributed by atoms with van der Waals surface area (Å²) >= 11 is 0. The van der Waals surface area contributed by atoms with Crippen molar-refractivity contribution in [3.63, 3.8) is 0 Å². The van der Waals surface area contributed by atoms with E-state index in [1.807, 2.05) is 0 Å². The lowest BCUT2D eigenvalue weighted by molar-refractivity contribution is -0.124. The lowest BCUT2D eigenvalue weighted by Gasteiger charge is -2.47. The number of primary amides is 1. The number of ether oxygens (including phenoxy) is 1. The van der Waals surface area contributed by atoms with E-state index in [4.69, 9.17) is 16.2 Å². The Bertz CT molecular complexity index is 615. The molecule has 0 bridgehead atoms. The maximum Gasteiger partial charge on any atom is 0.224 e. The highest BCUT2D eigenvalue weighted by atomic mass is 16.5. The normalized spacial score (nSPS) is 40.4. The van der Waals surface area contributed by atoms with Crippen molar-refractivity contribution in [1.82, 2.24) is 26.2 Å². The summed E-state index contributed by atoms with van der Waals surface area (Å²) in [6, 6.07) is 1.52. The van der Waals surface area contributed by atoms with Gasteiger partial charge < -0.3 is 21.5 Å². The van der Waals surface area contributed by atoms with Crippen molar-refractivity contribution in [3.05, 3.63) is 0 Å². The molecule has 9 nitrogen and oxygen atoms in total. The molecule has 4 saturated heterocycles. The fourth-order valence-electron chi connectivity index (χ4n) is 6.06. The molecule has 0 aromatic carbocycles. The molecule has 0 aromatic rings. The largest absolute Gasteiger partial charge is 0.381 e. The molecule has 0 aliphatic carbocycles. The smallest absolute Gasteiger partial charge is 0.224 e. The topological polar surface area (TPSA) is 130 Å². The highest BCUT2D eigenvalue weighted by Crippen LogP contribution is 2.29. The van der Waals surface area contributed by atoms with Crippen LogP contribution in [-0.2, 0) is 9.53 Å². The quantitative estimate of drug-likeness (QED) is 0.318. The molecule has 0 aromatic heterocycles. The van der Waals surface area contributed by atoms with Gasteiger partial charge >= 0.3 is 0 Å². The van der Waals surface area contributed by atoms with Crippen LogP contribution < -0.4 is 32.7 Å². The molecule has 4 aliphatic heterocycles. The van der Waals surface area contributed by atoms with Crippen molar-refractivity contribution in [2.24, 2.45) is 29.2 Å². The zero-order chi connectivity index (χ0) is 22.7. The Kier molecular flexibility index (Phi) is 8.42. The Morgan fingerprint density at radius 1 is 1.16 bits per heavy atom. The summed E-state index contributed by atoms with van der Waals surface area (Å²) in [4.78, 5) is 14.6. The van der Waals surface area contributed by atoms with Crippen LogP contribution in [0.4, 0.5) is 0 Å². The molecule has 184 valence electrons. The van der Waals surface area contributed by atoms with E-state index >= 15 is 0 Å². The van der Waals surface area contributed by atoms with E-state index in [9.17, 15) is 4.79 Å². The van der Waals surface area contributed by atoms with Crippen molar-refractivity contribution in [1.29, 1.82) is 0 Å². The number of hydrogen-bond acceptors (Lipinski definition) is 8. The molecule has 4 heterocycles. The van der Waals surface area contributed by atoms with Gasteiger partial charge in [0, 0.05) is 57.0 Å². The second kappa shape index (κ2) is 11.1. The summed E-state index contributed by atoms with van der Waals surface area (Å²) in [7, 11) is 0. The first-order valence-corrected chi connectivity index (χ1v) is 12.8. The third-order valence-corrected chi connectivity index (χ3v) is 8.05. The number of carbonyl (C=O) groups excluding carboxylic acids is 1. The first-order valence-electron chi connectivity index (χ1n) is 12.8. The Hall–Kier alpha value is -0.810. The molecule has 4 fully saturated rings. The minimum absolute atomic E-state index is 0.0170. The number of piperidine rings is 2. The van der Waals surface area contributed by atoms with Crippen molar-refractivity contribution in [2.75, 3.05) is 32.8 Å². The molecule has 4 rings (SSSR count). The van der Waals surface area contributed by atoms with E-state index in [1.165, 1.54) is 0 Å². The van der Waals surface area contributed by atoms with E-state index in [2.05, 4.69) is 40.0 Å². The summed E-state index contributed by atoms with van der Waals surface area (Å²) in [5, 5.41) is 14.9. The van der Waals surface area contributed by atoms with E-state index in [0.717, 1.165) is 64.8 Å². The van der Waals surface area contributed by atoms with Crippen molar-refractivity contribution in [3.8, 4) is 0 Å². The van der Waals surface area contributed by atoms with Crippen LogP contribution >= 0.6 is 0 Å². The molecule has 32 heavy (non-hydrogen) atoms. The minimum atomic E-state index is -0.279. The molecule has 0 saturated carbocycles. The lowest BCUT2D eigenvalue weighted by Crippen LogP contribution is -2.72. The van der Waals surface area contributed by atoms with Crippen LogP contribution in [0.1, 0.15) is 52.4 Å². The van der Waals surface area contributed by atoms with Crippen LogP contribution in [0.3, 0.4) is 0 Å². The molecule has 7 atom stereocenters. The lowest BCUT2D eigenvalue weighted by atomic mass is 9.80. The average Bonchev–Trinajstić information content (AvgIpc) is 2.79. The highest BCUT2D eigenvalue weighted by molar-refractivity contribution is 5.77. The van der Waals surface area contributed by atoms with Crippen molar-refractivity contribution in [2.45, 2.75) is 89.0 Å². The van der Waals surface area contributed by atoms with Gasteiger partial charge in [-0.3, -0.25) is 25.6 Å². The van der Waals surface area contributed by atoms with Crippen molar-refractivity contribution >= 4 is 5.91 Å². The molecule has 0 spiro atoms. The predicted molar refractivity (Wildman–Crippen MR) is 125 cm³/mol. The van der Waals surface area contributed by atoms with Gasteiger partial charge in [0.2, 0.25) is 5.91 Å². The number of likely N-dealkylation sites (tertiary alicyclic amines) is 1. The predicted octanol–water partition coefficient (Wildman–Crippen LogP) is -0.525. The number of amides is 1. The number of rotatable bonds is 6. The van der Waals surface area contributed by atoms with E-state index in [0.29, 0.717) is 36.5 Å². The maximum atomic E-state index is 12.3. The fraction of sp³-hybridized carbons (Fsp3) is 0.957. The van der Waals surface area contributed by atoms with Crippen LogP contribution in [0.5, 0.6) is 0 Å². The minimum Gasteiger partial charge on any atom is -0.381 e. The number of nitrogens with two attached hydrogens (primary N) is 2. The molecule has 6 unspecified atom stereocenters. The molecular formula is C23H45N7O2. The van der Waals surface area contributed by atoms with E-state index in [-0.39, 0.29) is 30.3 Å². The van der Waals surface area contributed by atoms with Crippen LogP contribution in [0, 0.1) is 17.8 Å². The van der Waals surface area contributed by atoms with Crippen LogP contribution in [-0.4, -0.2) is 80.3 Å². The standard InChI is InChI=1S/C23H45N7O2/c1-14(2)19-10-17(11-20(28-19)15-5-8-32-9-6-15)27-22-18(21(25)31)12-26-23(29-22)30-7-3-4-16(24)13-30/h14-20,22-23,26-29H,3-13,24H2,1-2H3,(H2,25,31)/t16-,17?,18?,19?,20?,22?,23?/m0/s1. The number of nitrogens with one attached hydrogen (secondary N) is 4. The van der Waals surface area contributed by atoms with E-state index < -0.39 is 0 Å². The Morgan fingerprint density at radius 3 is 2.62 bits per heavy atom. The first-order chi connectivity index (χ1) is 15.4. The Balaban J connectivity index is 1.43. The van der Waals surface area contributed by atoms with Crippen LogP contribution in [0.15, 0.2) is 0 Å². The molecule has 8 N–H and O–H groups in total. The SMILES string of the molecule is CC(C)C1CC(NC2NC(N3CCC[C@H](N)C3)NCC2C(N)=O)CC(C2CCOCC2)N1. The van der Waals surface area contributed by atoms with Gasteiger partial charge in [0.1, 0.15) is 6.29 Å². The maximum absolute atomic E-state index is 12.3. The van der Waals surface area contributed by atoms with Gasteiger partial charge in [0.25, 0.3) is 0 Å². The van der Waals surface area contributed by atoms with Crippen LogP contribution in [0.25, 0.3) is 0 Å². The second-order valence-corrected chi connectivity index (χ2v) is 10.8. The highest BCUT2D eigenvalue weighted by Gasteiger charge is 2.40. The average molecular weight is 452 g/mol. The summed E-state index contributed by atoms with van der Waals surface area (Å²) in [6.07, 6.45) is 6.46. The molecule has 9 heteroatoms. The Labute approximate surface area is 193 Å². The summed E-state index contributed by atoms with van der Waals surface area (Å²) in [6.45, 7) is 8.79. The third-order valence-electron chi connectivity index (χ3n) is 8.05. The van der Waals surface area contributed by atoms with Gasteiger partial charge in [-0.05, 0) is 50.4 Å². The molecule has 1 amide bonds. The summed E-state index contributed by atoms with van der Waals surface area (Å²) in [5.41, 5.74) is 12.0. The van der Waals surface area contributed by atoms with Gasteiger partial charge in [0.05, 0.1) is 12.1 Å². The first kappa shape index (κ1) is 24.3. The number of carbonyl (C=O) groups is 1. The van der Waals surface area contributed by atoms with Gasteiger partial charge in [0.15, 0.2) is 0 Å². The Morgan fingerprint density at radius 2 is 1.94 bits per heavy atom. The molecule has 4 aliphatic rings. The number of nitrogens with zero attached hydrogens (tertiary/aromatic N) is 1. The fourth-order valence-corrected chi connectivity index (χ4v) is 6.06. The van der Waals surface area contributed by atoms with Gasteiger partial charge in [-0.25, -0.2) is 0 Å². The van der Waals surface area contributed by atoms with Crippen LogP contribution in [0.2, 0.25) is 0 Å². The monoisotopic (exact) mass is 451 g/mol. The van der Waals surface area contributed by atoms with E-state index in [1.54, 1.807) is 0 Å². The third kappa shape index (κ3) is 6.00. The zero-order valence-electron chi connectivity index (χ0n) is 19.9. The number of hydrogen-bond donors (Lipinski definition) is 6.